The highest BCUT2D eigenvalue weighted by atomic mass is 16.5. The molecule has 1 N–H and O–H groups in total. The predicted molar refractivity (Wildman–Crippen MR) is 78.7 cm³/mol. The number of esters is 1. The number of carboxylic acids is 1. The molecular formula is C15H27NO5. The maximum absolute atomic E-state index is 12.3. The van der Waals surface area contributed by atoms with Crippen molar-refractivity contribution in [2.45, 2.75) is 47.5 Å². The van der Waals surface area contributed by atoms with Crippen molar-refractivity contribution in [3.05, 3.63) is 0 Å². The maximum Gasteiger partial charge on any atom is 0.325 e. The van der Waals surface area contributed by atoms with Gasteiger partial charge in [-0.2, -0.15) is 0 Å². The third kappa shape index (κ3) is 9.05. The van der Waals surface area contributed by atoms with E-state index in [2.05, 4.69) is 0 Å². The first kappa shape index (κ1) is 19.4. The van der Waals surface area contributed by atoms with E-state index in [0.717, 1.165) is 0 Å². The van der Waals surface area contributed by atoms with E-state index in [1.807, 2.05) is 13.8 Å². The lowest BCUT2D eigenvalue weighted by atomic mass is 9.85. The summed E-state index contributed by atoms with van der Waals surface area (Å²) in [6.45, 7) is 9.71. The molecule has 0 aliphatic rings. The highest BCUT2D eigenvalue weighted by molar-refractivity contribution is 5.83. The quantitative estimate of drug-likeness (QED) is 0.658. The van der Waals surface area contributed by atoms with Gasteiger partial charge in [0.25, 0.3) is 0 Å². The van der Waals surface area contributed by atoms with Gasteiger partial charge in [-0.1, -0.05) is 27.7 Å². The molecule has 0 saturated carbocycles. The zero-order chi connectivity index (χ0) is 16.6. The highest BCUT2D eigenvalue weighted by Gasteiger charge is 2.29. The molecule has 0 radical (unpaired) electrons. The van der Waals surface area contributed by atoms with E-state index >= 15 is 0 Å². The normalized spacial score (nSPS) is 11.3. The molecule has 0 bridgehead atoms. The van der Waals surface area contributed by atoms with Crippen molar-refractivity contribution in [2.75, 3.05) is 19.7 Å². The lowest BCUT2D eigenvalue weighted by molar-refractivity contribution is -0.150. The number of aliphatic carboxylic acids is 1. The molecule has 0 atom stereocenters. The summed E-state index contributed by atoms with van der Waals surface area (Å²) in [4.78, 5) is 36.2. The molecule has 0 aromatic rings. The monoisotopic (exact) mass is 301 g/mol. The molecule has 122 valence electrons. The van der Waals surface area contributed by atoms with Crippen molar-refractivity contribution < 1.29 is 24.2 Å². The van der Waals surface area contributed by atoms with Crippen molar-refractivity contribution in [2.24, 2.45) is 11.3 Å². The van der Waals surface area contributed by atoms with E-state index in [0.29, 0.717) is 6.54 Å². The van der Waals surface area contributed by atoms with Crippen LogP contribution in [0.4, 0.5) is 0 Å². The van der Waals surface area contributed by atoms with Crippen LogP contribution in [0.15, 0.2) is 0 Å². The average Bonchev–Trinajstić information content (AvgIpc) is 2.24. The van der Waals surface area contributed by atoms with Gasteiger partial charge in [-0.15, -0.1) is 0 Å². The summed E-state index contributed by atoms with van der Waals surface area (Å²) < 4.78 is 4.87. The van der Waals surface area contributed by atoms with Crippen molar-refractivity contribution >= 4 is 17.8 Å². The van der Waals surface area contributed by atoms with Gasteiger partial charge in [0.2, 0.25) is 5.91 Å². The molecule has 0 aliphatic heterocycles. The third-order valence-corrected chi connectivity index (χ3v) is 2.82. The second kappa shape index (κ2) is 8.64. The fraction of sp³-hybridized carbons (Fsp3) is 0.800. The molecular weight excluding hydrogens is 274 g/mol. The van der Waals surface area contributed by atoms with Gasteiger partial charge < -0.3 is 14.7 Å². The Morgan fingerprint density at radius 3 is 2.19 bits per heavy atom. The van der Waals surface area contributed by atoms with Crippen LogP contribution in [0.25, 0.3) is 0 Å². The average molecular weight is 301 g/mol. The van der Waals surface area contributed by atoms with Crippen molar-refractivity contribution in [3.63, 3.8) is 0 Å². The minimum absolute atomic E-state index is 0.0887. The summed E-state index contributed by atoms with van der Waals surface area (Å²) in [5.74, 6) is -1.38. The Balaban J connectivity index is 4.78. The number of amides is 1. The third-order valence-electron chi connectivity index (χ3n) is 2.82. The highest BCUT2D eigenvalue weighted by Crippen LogP contribution is 2.26. The molecule has 6 nitrogen and oxygen atoms in total. The summed E-state index contributed by atoms with van der Waals surface area (Å²) in [7, 11) is 0. The van der Waals surface area contributed by atoms with Crippen molar-refractivity contribution in [1.82, 2.24) is 4.90 Å². The van der Waals surface area contributed by atoms with Gasteiger partial charge in [0.05, 0.1) is 13.0 Å². The number of rotatable bonds is 9. The lowest BCUT2D eigenvalue weighted by Crippen LogP contribution is -2.41. The minimum atomic E-state index is -0.936. The van der Waals surface area contributed by atoms with Crippen LogP contribution in [0, 0.1) is 11.3 Å². The molecule has 6 heteroatoms. The molecule has 0 saturated heterocycles. The van der Waals surface area contributed by atoms with Crippen LogP contribution in [0.2, 0.25) is 0 Å². The summed E-state index contributed by atoms with van der Waals surface area (Å²) in [6.07, 6.45) is -0.000903. The predicted octanol–water partition coefficient (Wildman–Crippen LogP) is 1.93. The minimum Gasteiger partial charge on any atom is -0.481 e. The van der Waals surface area contributed by atoms with Gasteiger partial charge in [-0.25, -0.2) is 0 Å². The number of nitrogens with zero attached hydrogens (tertiary/aromatic N) is 1. The van der Waals surface area contributed by atoms with Crippen molar-refractivity contribution in [1.29, 1.82) is 0 Å². The number of ether oxygens (including phenoxy) is 1. The summed E-state index contributed by atoms with van der Waals surface area (Å²) in [5.41, 5.74) is -0.646. The van der Waals surface area contributed by atoms with Crippen molar-refractivity contribution in [3.8, 4) is 0 Å². The van der Waals surface area contributed by atoms with E-state index < -0.39 is 17.4 Å². The SMILES string of the molecule is CCOC(=O)CN(CC(C)C)C(=O)CC(C)(C)CC(=O)O. The van der Waals surface area contributed by atoms with E-state index in [1.165, 1.54) is 4.90 Å². The van der Waals surface area contributed by atoms with Crippen LogP contribution < -0.4 is 0 Å². The molecule has 0 rings (SSSR count). The number of carbonyl (C=O) groups is 3. The summed E-state index contributed by atoms with van der Waals surface area (Å²) in [5, 5.41) is 8.86. The van der Waals surface area contributed by atoms with Crippen LogP contribution in [-0.2, 0) is 19.1 Å². The Labute approximate surface area is 126 Å². The molecule has 0 aromatic carbocycles. The van der Waals surface area contributed by atoms with E-state index in [-0.39, 0.29) is 37.8 Å². The topological polar surface area (TPSA) is 83.9 Å². The first-order valence-corrected chi connectivity index (χ1v) is 7.22. The van der Waals surface area contributed by atoms with Gasteiger partial charge in [0.1, 0.15) is 6.54 Å². The molecule has 0 unspecified atom stereocenters. The summed E-state index contributed by atoms with van der Waals surface area (Å²) >= 11 is 0. The fourth-order valence-electron chi connectivity index (χ4n) is 2.05. The van der Waals surface area contributed by atoms with Gasteiger partial charge >= 0.3 is 11.9 Å². The lowest BCUT2D eigenvalue weighted by Gasteiger charge is -2.28. The summed E-state index contributed by atoms with van der Waals surface area (Å²) in [6, 6.07) is 0. The Bertz CT molecular complexity index is 376. The van der Waals surface area contributed by atoms with Crippen LogP contribution >= 0.6 is 0 Å². The zero-order valence-corrected chi connectivity index (χ0v) is 13.6. The number of hydrogen-bond acceptors (Lipinski definition) is 4. The smallest absolute Gasteiger partial charge is 0.325 e. The first-order valence-electron chi connectivity index (χ1n) is 7.22. The molecule has 0 aromatic heterocycles. The van der Waals surface area contributed by atoms with Gasteiger partial charge in [0.15, 0.2) is 0 Å². The maximum atomic E-state index is 12.3. The van der Waals surface area contributed by atoms with Crippen LogP contribution in [0.3, 0.4) is 0 Å². The molecule has 1 amide bonds. The van der Waals surface area contributed by atoms with E-state index in [9.17, 15) is 14.4 Å². The molecule has 0 heterocycles. The number of carbonyl (C=O) groups excluding carboxylic acids is 2. The fourth-order valence-corrected chi connectivity index (χ4v) is 2.05. The number of carboxylic acid groups (broad SMARTS) is 1. The molecule has 0 fully saturated rings. The molecule has 0 aliphatic carbocycles. The van der Waals surface area contributed by atoms with Crippen LogP contribution in [-0.4, -0.2) is 47.5 Å². The molecule has 21 heavy (non-hydrogen) atoms. The Morgan fingerprint density at radius 2 is 1.76 bits per heavy atom. The largest absolute Gasteiger partial charge is 0.481 e. The Kier molecular flexibility index (Phi) is 7.99. The zero-order valence-electron chi connectivity index (χ0n) is 13.6. The standard InChI is InChI=1S/C15H27NO5/c1-6-21-14(20)10-16(9-11(2)3)12(17)7-15(4,5)8-13(18)19/h11H,6-10H2,1-5H3,(H,18,19). The molecule has 0 spiro atoms. The van der Waals surface area contributed by atoms with E-state index in [1.54, 1.807) is 20.8 Å². The second-order valence-corrected chi connectivity index (χ2v) is 6.38. The Morgan fingerprint density at radius 1 is 1.19 bits per heavy atom. The second-order valence-electron chi connectivity index (χ2n) is 6.38. The van der Waals surface area contributed by atoms with Gasteiger partial charge in [0, 0.05) is 13.0 Å². The number of hydrogen-bond donors (Lipinski definition) is 1. The van der Waals surface area contributed by atoms with Gasteiger partial charge in [-0.3, -0.25) is 14.4 Å². The van der Waals surface area contributed by atoms with E-state index in [4.69, 9.17) is 9.84 Å². The van der Waals surface area contributed by atoms with Crippen LogP contribution in [0.1, 0.15) is 47.5 Å². The van der Waals surface area contributed by atoms with Crippen LogP contribution in [0.5, 0.6) is 0 Å². The Hall–Kier alpha value is -1.59. The van der Waals surface area contributed by atoms with Gasteiger partial charge in [-0.05, 0) is 18.3 Å². The first-order chi connectivity index (χ1) is 9.57.